The highest BCUT2D eigenvalue weighted by Gasteiger charge is 2.41. The Balaban J connectivity index is 2.01. The van der Waals surface area contributed by atoms with Crippen LogP contribution < -0.4 is 4.90 Å². The number of ether oxygens (including phenoxy) is 2. The van der Waals surface area contributed by atoms with Crippen LogP contribution in [0.15, 0.2) is 59.8 Å². The molecule has 0 saturated heterocycles. The second kappa shape index (κ2) is 10.4. The summed E-state index contributed by atoms with van der Waals surface area (Å²) in [4.78, 5) is 31.4. The number of rotatable bonds is 6. The first-order valence-electron chi connectivity index (χ1n) is 11.6. The van der Waals surface area contributed by atoms with Crippen molar-refractivity contribution in [1.29, 1.82) is 5.26 Å². The third kappa shape index (κ3) is 4.82. The maximum absolute atomic E-state index is 13.6. The first-order valence-corrected chi connectivity index (χ1v) is 11.6. The van der Waals surface area contributed by atoms with Gasteiger partial charge in [-0.25, -0.2) is 14.3 Å². The number of carbonyl (C=O) groups excluding carboxylic acids is 2. The normalized spacial score (nSPS) is 15.1. The third-order valence-electron chi connectivity index (χ3n) is 5.80. The van der Waals surface area contributed by atoms with Crippen molar-refractivity contribution >= 4 is 23.6 Å². The van der Waals surface area contributed by atoms with Crippen molar-refractivity contribution in [2.24, 2.45) is 0 Å². The summed E-state index contributed by atoms with van der Waals surface area (Å²) < 4.78 is 52.3. The number of anilines is 2. The van der Waals surface area contributed by atoms with Crippen molar-refractivity contribution in [3.05, 3.63) is 82.3 Å². The van der Waals surface area contributed by atoms with Crippen molar-refractivity contribution in [2.45, 2.75) is 33.0 Å². The van der Waals surface area contributed by atoms with Crippen LogP contribution in [0.4, 0.5) is 24.8 Å². The number of hydrogen-bond acceptors (Lipinski definition) is 8. The van der Waals surface area contributed by atoms with Crippen molar-refractivity contribution < 1.29 is 32.2 Å². The smallest absolute Gasteiger partial charge is 0.416 e. The number of allylic oxidation sites excluding steroid dienone is 1. The SMILES string of the molecule is CCOC(=O)C1=C(C)N(c2cccc(C(F)(F)F)c2)c2nc(C(=O)OCC)nn2C1c1ccc(C#N)cc1. The van der Waals surface area contributed by atoms with E-state index < -0.39 is 29.7 Å². The van der Waals surface area contributed by atoms with Gasteiger partial charge in [0.15, 0.2) is 0 Å². The lowest BCUT2D eigenvalue weighted by Crippen LogP contribution is -2.34. The van der Waals surface area contributed by atoms with Crippen LogP contribution in [0.25, 0.3) is 0 Å². The Morgan fingerprint density at radius 1 is 1.05 bits per heavy atom. The summed E-state index contributed by atoms with van der Waals surface area (Å²) in [6, 6.07) is 11.9. The van der Waals surface area contributed by atoms with Crippen LogP contribution in [-0.2, 0) is 20.4 Å². The number of hydrogen-bond donors (Lipinski definition) is 0. The molecule has 9 nitrogen and oxygen atoms in total. The molecule has 1 aliphatic heterocycles. The van der Waals surface area contributed by atoms with E-state index in [2.05, 4.69) is 10.1 Å². The molecule has 1 unspecified atom stereocenters. The van der Waals surface area contributed by atoms with Gasteiger partial charge in [-0.15, -0.1) is 5.10 Å². The van der Waals surface area contributed by atoms with Crippen LogP contribution in [0.1, 0.15) is 54.1 Å². The number of esters is 2. The average Bonchev–Trinajstić information content (AvgIpc) is 3.32. The Labute approximate surface area is 215 Å². The van der Waals surface area contributed by atoms with E-state index in [0.717, 1.165) is 12.1 Å². The molecule has 1 aliphatic rings. The van der Waals surface area contributed by atoms with Gasteiger partial charge in [0.1, 0.15) is 6.04 Å². The van der Waals surface area contributed by atoms with E-state index in [-0.39, 0.29) is 41.9 Å². The zero-order chi connectivity index (χ0) is 27.6. The molecule has 196 valence electrons. The minimum absolute atomic E-state index is 0.00714. The summed E-state index contributed by atoms with van der Waals surface area (Å²) in [6.45, 7) is 4.86. The molecule has 1 atom stereocenters. The van der Waals surface area contributed by atoms with Gasteiger partial charge in [-0.2, -0.15) is 23.4 Å². The van der Waals surface area contributed by atoms with E-state index in [1.54, 1.807) is 45.0 Å². The van der Waals surface area contributed by atoms with Gasteiger partial charge in [-0.1, -0.05) is 18.2 Å². The fraction of sp³-hybridized carbons (Fsp3) is 0.269. The number of nitriles is 1. The number of fused-ring (bicyclic) bond motifs is 1. The highest BCUT2D eigenvalue weighted by Crippen LogP contribution is 2.43. The van der Waals surface area contributed by atoms with Crippen LogP contribution in [0.2, 0.25) is 0 Å². The van der Waals surface area contributed by atoms with Gasteiger partial charge < -0.3 is 9.47 Å². The first-order chi connectivity index (χ1) is 18.1. The van der Waals surface area contributed by atoms with Crippen LogP contribution in [0.3, 0.4) is 0 Å². The molecule has 38 heavy (non-hydrogen) atoms. The average molecular weight is 525 g/mol. The van der Waals surface area contributed by atoms with Crippen molar-refractivity contribution in [1.82, 2.24) is 14.8 Å². The van der Waals surface area contributed by atoms with Crippen molar-refractivity contribution in [3.63, 3.8) is 0 Å². The monoisotopic (exact) mass is 525 g/mol. The van der Waals surface area contributed by atoms with E-state index >= 15 is 0 Å². The van der Waals surface area contributed by atoms with Crippen LogP contribution >= 0.6 is 0 Å². The van der Waals surface area contributed by atoms with Gasteiger partial charge in [-0.3, -0.25) is 4.90 Å². The number of carbonyl (C=O) groups is 2. The van der Waals surface area contributed by atoms with Gasteiger partial charge in [0.25, 0.3) is 5.82 Å². The number of nitrogens with zero attached hydrogens (tertiary/aromatic N) is 5. The standard InChI is InChI=1S/C26H22F3N5O4/c1-4-37-23(35)20-15(3)33(19-8-6-7-18(13-19)26(27,28)29)25-31-22(24(36)38-5-2)32-34(25)21(20)17-11-9-16(14-30)10-12-17/h6-13,21H,4-5H2,1-3H3. The lowest BCUT2D eigenvalue weighted by molar-refractivity contribution is -0.139. The Bertz CT molecular complexity index is 1450. The Hall–Kier alpha value is -4.66. The van der Waals surface area contributed by atoms with Gasteiger partial charge in [0.05, 0.1) is 36.0 Å². The molecular formula is C26H22F3N5O4. The first kappa shape index (κ1) is 26.4. The summed E-state index contributed by atoms with van der Waals surface area (Å²) in [5.41, 5.74) is 0.318. The summed E-state index contributed by atoms with van der Waals surface area (Å²) in [6.07, 6.45) is -4.62. The molecule has 0 N–H and O–H groups in total. The van der Waals surface area contributed by atoms with Gasteiger partial charge in [0.2, 0.25) is 5.95 Å². The Morgan fingerprint density at radius 2 is 1.71 bits per heavy atom. The topological polar surface area (TPSA) is 110 Å². The minimum Gasteiger partial charge on any atom is -0.463 e. The predicted octanol–water partition coefficient (Wildman–Crippen LogP) is 4.92. The fourth-order valence-electron chi connectivity index (χ4n) is 4.16. The second-order valence-electron chi connectivity index (χ2n) is 8.14. The van der Waals surface area contributed by atoms with E-state index in [0.29, 0.717) is 11.1 Å². The highest BCUT2D eigenvalue weighted by atomic mass is 19.4. The zero-order valence-electron chi connectivity index (χ0n) is 20.6. The molecule has 2 heterocycles. The van der Waals surface area contributed by atoms with Gasteiger partial charge in [-0.05, 0) is 56.7 Å². The van der Waals surface area contributed by atoms with Crippen LogP contribution in [0, 0.1) is 11.3 Å². The van der Waals surface area contributed by atoms with Crippen LogP contribution in [-0.4, -0.2) is 39.9 Å². The Morgan fingerprint density at radius 3 is 2.32 bits per heavy atom. The molecule has 0 spiro atoms. The van der Waals surface area contributed by atoms with E-state index in [1.165, 1.54) is 21.7 Å². The van der Waals surface area contributed by atoms with Crippen molar-refractivity contribution in [2.75, 3.05) is 18.1 Å². The van der Waals surface area contributed by atoms with Crippen LogP contribution in [0.5, 0.6) is 0 Å². The summed E-state index contributed by atoms with van der Waals surface area (Å²) in [5, 5.41) is 13.5. The lowest BCUT2D eigenvalue weighted by atomic mass is 9.94. The second-order valence-corrected chi connectivity index (χ2v) is 8.14. The maximum Gasteiger partial charge on any atom is 0.416 e. The third-order valence-corrected chi connectivity index (χ3v) is 5.80. The highest BCUT2D eigenvalue weighted by molar-refractivity contribution is 5.94. The van der Waals surface area contributed by atoms with Gasteiger partial charge in [0, 0.05) is 11.4 Å². The molecule has 0 radical (unpaired) electrons. The quantitative estimate of drug-likeness (QED) is 0.417. The van der Waals surface area contributed by atoms with Gasteiger partial charge >= 0.3 is 18.1 Å². The molecule has 3 aromatic rings. The minimum atomic E-state index is -4.62. The summed E-state index contributed by atoms with van der Waals surface area (Å²) in [7, 11) is 0. The molecule has 0 saturated carbocycles. The van der Waals surface area contributed by atoms with E-state index in [9.17, 15) is 28.0 Å². The molecule has 1 aromatic heterocycles. The molecule has 0 aliphatic carbocycles. The number of aromatic nitrogens is 3. The summed E-state index contributed by atoms with van der Waals surface area (Å²) in [5.74, 6) is -1.91. The number of alkyl halides is 3. The summed E-state index contributed by atoms with van der Waals surface area (Å²) >= 11 is 0. The molecule has 0 amide bonds. The molecule has 4 rings (SSSR count). The molecule has 0 fully saturated rings. The lowest BCUT2D eigenvalue weighted by Gasteiger charge is -2.35. The molecular weight excluding hydrogens is 503 g/mol. The fourth-order valence-corrected chi connectivity index (χ4v) is 4.16. The van der Waals surface area contributed by atoms with Crippen molar-refractivity contribution in [3.8, 4) is 6.07 Å². The number of benzene rings is 2. The van der Waals surface area contributed by atoms with E-state index in [1.807, 2.05) is 6.07 Å². The molecule has 0 bridgehead atoms. The Kier molecular flexibility index (Phi) is 7.21. The number of halogens is 3. The molecule has 2 aromatic carbocycles. The van der Waals surface area contributed by atoms with E-state index in [4.69, 9.17) is 9.47 Å². The largest absolute Gasteiger partial charge is 0.463 e. The predicted molar refractivity (Wildman–Crippen MR) is 128 cm³/mol. The maximum atomic E-state index is 13.6. The molecule has 12 heteroatoms. The zero-order valence-corrected chi connectivity index (χ0v) is 20.6.